The maximum absolute atomic E-state index is 12.1. The molecule has 0 aliphatic carbocycles. The number of nitrogens with zero attached hydrogens (tertiary/aromatic N) is 1. The smallest absolute Gasteiger partial charge is 0.252 e. The zero-order valence-electron chi connectivity index (χ0n) is 12.9. The molecule has 2 aromatic carbocycles. The molecule has 1 unspecified atom stereocenters. The molecule has 1 heterocycles. The SMILES string of the molecule is CCN1C(=O)CC(Nc2ccc(Oc3ccccc3)cc2)C1=O. The molecule has 2 amide bonds. The first-order valence-electron chi connectivity index (χ1n) is 7.61. The summed E-state index contributed by atoms with van der Waals surface area (Å²) in [6, 6.07) is 16.4. The number of para-hydroxylation sites is 1. The Bertz CT molecular complexity index is 698. The van der Waals surface area contributed by atoms with Crippen LogP contribution in [0.15, 0.2) is 54.6 Å². The minimum absolute atomic E-state index is 0.126. The van der Waals surface area contributed by atoms with E-state index in [1.165, 1.54) is 4.90 Å². The third-order valence-electron chi connectivity index (χ3n) is 3.73. The highest BCUT2D eigenvalue weighted by atomic mass is 16.5. The van der Waals surface area contributed by atoms with Crippen molar-refractivity contribution < 1.29 is 14.3 Å². The molecule has 1 N–H and O–H groups in total. The Labute approximate surface area is 134 Å². The minimum atomic E-state index is -0.483. The molecule has 118 valence electrons. The summed E-state index contributed by atoms with van der Waals surface area (Å²) in [6.07, 6.45) is 0.203. The highest BCUT2D eigenvalue weighted by Crippen LogP contribution is 2.24. The van der Waals surface area contributed by atoms with Gasteiger partial charge in [-0.3, -0.25) is 14.5 Å². The summed E-state index contributed by atoms with van der Waals surface area (Å²) >= 11 is 0. The number of nitrogens with one attached hydrogen (secondary N) is 1. The fraction of sp³-hybridized carbons (Fsp3) is 0.222. The lowest BCUT2D eigenvalue weighted by molar-refractivity contribution is -0.138. The molecule has 1 atom stereocenters. The van der Waals surface area contributed by atoms with Gasteiger partial charge >= 0.3 is 0 Å². The molecule has 3 rings (SSSR count). The number of anilines is 1. The second kappa shape index (κ2) is 6.52. The van der Waals surface area contributed by atoms with Gasteiger partial charge in [0, 0.05) is 12.2 Å². The first kappa shape index (κ1) is 15.1. The standard InChI is InChI=1S/C18H18N2O3/c1-2-20-17(21)12-16(18(20)22)19-13-8-10-15(11-9-13)23-14-6-4-3-5-7-14/h3-11,16,19H,2,12H2,1H3. The van der Waals surface area contributed by atoms with Crippen molar-refractivity contribution in [3.8, 4) is 11.5 Å². The summed E-state index contributed by atoms with van der Waals surface area (Å²) in [5, 5.41) is 3.11. The van der Waals surface area contributed by atoms with Crippen molar-refractivity contribution >= 4 is 17.5 Å². The van der Waals surface area contributed by atoms with E-state index < -0.39 is 6.04 Å². The molecule has 5 heteroatoms. The molecule has 1 aliphatic rings. The van der Waals surface area contributed by atoms with Crippen molar-refractivity contribution in [2.45, 2.75) is 19.4 Å². The molecule has 0 bridgehead atoms. The molecule has 0 saturated carbocycles. The molecular formula is C18H18N2O3. The highest BCUT2D eigenvalue weighted by Gasteiger charge is 2.37. The lowest BCUT2D eigenvalue weighted by atomic mass is 10.2. The first-order valence-corrected chi connectivity index (χ1v) is 7.61. The van der Waals surface area contributed by atoms with E-state index in [1.807, 2.05) is 54.6 Å². The summed E-state index contributed by atoms with van der Waals surface area (Å²) < 4.78 is 5.72. The summed E-state index contributed by atoms with van der Waals surface area (Å²) in [7, 11) is 0. The van der Waals surface area contributed by atoms with E-state index in [1.54, 1.807) is 6.92 Å². The number of benzene rings is 2. The number of carbonyl (C=O) groups excluding carboxylic acids is 2. The number of likely N-dealkylation sites (tertiary alicyclic amines) is 1. The van der Waals surface area contributed by atoms with E-state index in [9.17, 15) is 9.59 Å². The zero-order chi connectivity index (χ0) is 16.2. The third kappa shape index (κ3) is 3.34. The van der Waals surface area contributed by atoms with Crippen LogP contribution >= 0.6 is 0 Å². The maximum atomic E-state index is 12.1. The van der Waals surface area contributed by atoms with E-state index >= 15 is 0 Å². The molecule has 1 aliphatic heterocycles. The number of likely N-dealkylation sites (N-methyl/N-ethyl adjacent to an activating group) is 1. The van der Waals surface area contributed by atoms with Crippen LogP contribution in [0.25, 0.3) is 0 Å². The largest absolute Gasteiger partial charge is 0.457 e. The van der Waals surface area contributed by atoms with Gasteiger partial charge in [-0.2, -0.15) is 0 Å². The molecule has 1 saturated heterocycles. The maximum Gasteiger partial charge on any atom is 0.252 e. The monoisotopic (exact) mass is 310 g/mol. The third-order valence-corrected chi connectivity index (χ3v) is 3.73. The number of carbonyl (C=O) groups is 2. The van der Waals surface area contributed by atoms with Crippen LogP contribution in [0.2, 0.25) is 0 Å². The lowest BCUT2D eigenvalue weighted by Gasteiger charge is -2.14. The van der Waals surface area contributed by atoms with Crippen molar-refractivity contribution in [2.75, 3.05) is 11.9 Å². The number of amides is 2. The van der Waals surface area contributed by atoms with Crippen LogP contribution in [-0.4, -0.2) is 29.3 Å². The van der Waals surface area contributed by atoms with Crippen LogP contribution in [0.3, 0.4) is 0 Å². The van der Waals surface area contributed by atoms with Gasteiger partial charge < -0.3 is 10.1 Å². The van der Waals surface area contributed by atoms with Gasteiger partial charge in [-0.15, -0.1) is 0 Å². The van der Waals surface area contributed by atoms with Gasteiger partial charge in [0.05, 0.1) is 6.42 Å². The van der Waals surface area contributed by atoms with E-state index in [0.717, 1.165) is 11.4 Å². The Morgan fingerprint density at radius 3 is 2.30 bits per heavy atom. The normalized spacial score (nSPS) is 17.4. The number of hydrogen-bond acceptors (Lipinski definition) is 4. The Hall–Kier alpha value is -2.82. The predicted octanol–water partition coefficient (Wildman–Crippen LogP) is 3.04. The van der Waals surface area contributed by atoms with Gasteiger partial charge in [0.2, 0.25) is 5.91 Å². The summed E-state index contributed by atoms with van der Waals surface area (Å²) in [6.45, 7) is 2.22. The van der Waals surface area contributed by atoms with Crippen LogP contribution in [-0.2, 0) is 9.59 Å². The van der Waals surface area contributed by atoms with Gasteiger partial charge in [0.1, 0.15) is 17.5 Å². The quantitative estimate of drug-likeness (QED) is 0.862. The fourth-order valence-electron chi connectivity index (χ4n) is 2.57. The summed E-state index contributed by atoms with van der Waals surface area (Å²) in [5.41, 5.74) is 0.787. The molecule has 5 nitrogen and oxygen atoms in total. The average Bonchev–Trinajstić information content (AvgIpc) is 2.83. The molecule has 1 fully saturated rings. The van der Waals surface area contributed by atoms with Crippen LogP contribution in [0.1, 0.15) is 13.3 Å². The number of imide groups is 1. The highest BCUT2D eigenvalue weighted by molar-refractivity contribution is 6.06. The molecule has 23 heavy (non-hydrogen) atoms. The lowest BCUT2D eigenvalue weighted by Crippen LogP contribution is -2.34. The average molecular weight is 310 g/mol. The molecule has 0 radical (unpaired) electrons. The Balaban J connectivity index is 1.64. The summed E-state index contributed by atoms with van der Waals surface area (Å²) in [4.78, 5) is 25.1. The molecule has 2 aromatic rings. The molecular weight excluding hydrogens is 292 g/mol. The topological polar surface area (TPSA) is 58.6 Å². The molecule has 0 aromatic heterocycles. The van der Waals surface area contributed by atoms with Crippen molar-refractivity contribution in [3.63, 3.8) is 0 Å². The van der Waals surface area contributed by atoms with E-state index in [4.69, 9.17) is 4.74 Å². The Morgan fingerprint density at radius 1 is 1.04 bits per heavy atom. The van der Waals surface area contributed by atoms with E-state index in [0.29, 0.717) is 12.3 Å². The first-order chi connectivity index (χ1) is 11.2. The summed E-state index contributed by atoms with van der Waals surface area (Å²) in [5.74, 6) is 1.19. The second-order valence-corrected chi connectivity index (χ2v) is 5.32. The van der Waals surface area contributed by atoms with Gasteiger partial charge in [-0.05, 0) is 43.3 Å². The van der Waals surface area contributed by atoms with Gasteiger partial charge in [-0.1, -0.05) is 18.2 Å². The molecule has 0 spiro atoms. The zero-order valence-corrected chi connectivity index (χ0v) is 12.9. The van der Waals surface area contributed by atoms with Crippen molar-refractivity contribution in [1.82, 2.24) is 4.90 Å². The Kier molecular flexibility index (Phi) is 4.28. The number of rotatable bonds is 5. The fourth-order valence-corrected chi connectivity index (χ4v) is 2.57. The van der Waals surface area contributed by atoms with Crippen LogP contribution < -0.4 is 10.1 Å². The Morgan fingerprint density at radius 2 is 1.70 bits per heavy atom. The van der Waals surface area contributed by atoms with Crippen molar-refractivity contribution in [1.29, 1.82) is 0 Å². The van der Waals surface area contributed by atoms with Crippen LogP contribution in [0, 0.1) is 0 Å². The minimum Gasteiger partial charge on any atom is -0.457 e. The van der Waals surface area contributed by atoms with Crippen LogP contribution in [0.4, 0.5) is 5.69 Å². The van der Waals surface area contributed by atoms with Gasteiger partial charge in [-0.25, -0.2) is 0 Å². The second-order valence-electron chi connectivity index (χ2n) is 5.32. The van der Waals surface area contributed by atoms with Crippen molar-refractivity contribution in [2.24, 2.45) is 0 Å². The van der Waals surface area contributed by atoms with E-state index in [-0.39, 0.29) is 18.2 Å². The van der Waals surface area contributed by atoms with Gasteiger partial charge in [0.25, 0.3) is 5.91 Å². The van der Waals surface area contributed by atoms with E-state index in [2.05, 4.69) is 5.32 Å². The predicted molar refractivity (Wildman–Crippen MR) is 87.4 cm³/mol. The number of hydrogen-bond donors (Lipinski definition) is 1. The van der Waals surface area contributed by atoms with Gasteiger partial charge in [0.15, 0.2) is 0 Å². The number of ether oxygens (including phenoxy) is 1. The van der Waals surface area contributed by atoms with Crippen LogP contribution in [0.5, 0.6) is 11.5 Å². The van der Waals surface area contributed by atoms with Crippen molar-refractivity contribution in [3.05, 3.63) is 54.6 Å².